The van der Waals surface area contributed by atoms with Gasteiger partial charge in [0.2, 0.25) is 0 Å². The first-order chi connectivity index (χ1) is 9.48. The molecule has 118 valence electrons. The monoisotopic (exact) mass is 305 g/mol. The maximum Gasteiger partial charge on any atom is 0.282 e. The van der Waals surface area contributed by atoms with Crippen LogP contribution in [0, 0.1) is 11.8 Å². The third kappa shape index (κ3) is 3.33. The highest BCUT2D eigenvalue weighted by molar-refractivity contribution is 7.86. The summed E-state index contributed by atoms with van der Waals surface area (Å²) in [6.07, 6.45) is 2.78. The van der Waals surface area contributed by atoms with Crippen LogP contribution in [0.5, 0.6) is 0 Å². The fourth-order valence-corrected chi connectivity index (χ4v) is 4.87. The molecule has 6 nitrogen and oxygen atoms in total. The molecule has 0 bridgehead atoms. The van der Waals surface area contributed by atoms with Gasteiger partial charge in [0.15, 0.2) is 0 Å². The van der Waals surface area contributed by atoms with E-state index in [0.717, 1.165) is 19.3 Å². The van der Waals surface area contributed by atoms with Gasteiger partial charge in [0, 0.05) is 33.3 Å². The number of ether oxygens (including phenoxy) is 1. The zero-order valence-electron chi connectivity index (χ0n) is 12.5. The molecule has 3 atom stereocenters. The van der Waals surface area contributed by atoms with E-state index in [-0.39, 0.29) is 6.10 Å². The minimum Gasteiger partial charge on any atom is -0.380 e. The Bertz CT molecular complexity index is 415. The minimum absolute atomic E-state index is 0.00591. The fourth-order valence-electron chi connectivity index (χ4n) is 3.11. The van der Waals surface area contributed by atoms with Gasteiger partial charge in [-0.15, -0.1) is 0 Å². The number of piperidine rings is 2. The molecule has 2 N–H and O–H groups in total. The quantitative estimate of drug-likeness (QED) is 0.808. The Kier molecular flexibility index (Phi) is 5.42. The third-order valence-electron chi connectivity index (χ3n) is 4.62. The fraction of sp³-hybridized carbons (Fsp3) is 1.00. The standard InChI is InChI=1S/C13H27N3O3S/c1-11-5-7-16(10-13(11)19-2)20(17,18)15-6-3-4-12(8-14)9-15/h11-13H,3-10,14H2,1-2H3. The van der Waals surface area contributed by atoms with E-state index in [2.05, 4.69) is 6.92 Å². The van der Waals surface area contributed by atoms with Crippen LogP contribution >= 0.6 is 0 Å². The molecule has 0 aromatic heterocycles. The van der Waals surface area contributed by atoms with E-state index in [4.69, 9.17) is 10.5 Å². The van der Waals surface area contributed by atoms with Crippen LogP contribution in [-0.2, 0) is 14.9 Å². The van der Waals surface area contributed by atoms with Gasteiger partial charge in [-0.25, -0.2) is 0 Å². The van der Waals surface area contributed by atoms with Gasteiger partial charge in [-0.05, 0) is 37.6 Å². The Morgan fingerprint density at radius 1 is 1.20 bits per heavy atom. The summed E-state index contributed by atoms with van der Waals surface area (Å²) in [6, 6.07) is 0. The molecule has 2 saturated heterocycles. The first kappa shape index (κ1) is 16.2. The molecule has 0 aliphatic carbocycles. The summed E-state index contributed by atoms with van der Waals surface area (Å²) in [4.78, 5) is 0. The van der Waals surface area contributed by atoms with Crippen LogP contribution in [0.4, 0.5) is 0 Å². The van der Waals surface area contributed by atoms with Crippen molar-refractivity contribution in [3.8, 4) is 0 Å². The van der Waals surface area contributed by atoms with Gasteiger partial charge in [-0.3, -0.25) is 0 Å². The van der Waals surface area contributed by atoms with Crippen molar-refractivity contribution in [3.63, 3.8) is 0 Å². The number of hydrogen-bond acceptors (Lipinski definition) is 4. The lowest BCUT2D eigenvalue weighted by Crippen LogP contribution is -2.54. The van der Waals surface area contributed by atoms with E-state index in [9.17, 15) is 8.42 Å². The Hall–Kier alpha value is -0.210. The predicted molar refractivity (Wildman–Crippen MR) is 78.4 cm³/mol. The number of hydrogen-bond donors (Lipinski definition) is 1. The first-order valence-electron chi connectivity index (χ1n) is 7.47. The molecule has 0 aromatic carbocycles. The highest BCUT2D eigenvalue weighted by atomic mass is 32.2. The van der Waals surface area contributed by atoms with Crippen molar-refractivity contribution < 1.29 is 13.2 Å². The van der Waals surface area contributed by atoms with E-state index in [1.807, 2.05) is 0 Å². The van der Waals surface area contributed by atoms with E-state index in [0.29, 0.717) is 44.6 Å². The largest absolute Gasteiger partial charge is 0.380 e. The average Bonchev–Trinajstić information content (AvgIpc) is 2.47. The molecule has 2 fully saturated rings. The third-order valence-corrected chi connectivity index (χ3v) is 6.59. The number of methoxy groups -OCH3 is 1. The highest BCUT2D eigenvalue weighted by Gasteiger charge is 2.37. The topological polar surface area (TPSA) is 75.9 Å². The molecule has 2 rings (SSSR count). The van der Waals surface area contributed by atoms with Gasteiger partial charge in [-0.1, -0.05) is 6.92 Å². The zero-order valence-corrected chi connectivity index (χ0v) is 13.3. The molecule has 20 heavy (non-hydrogen) atoms. The summed E-state index contributed by atoms with van der Waals surface area (Å²) >= 11 is 0. The first-order valence-corrected chi connectivity index (χ1v) is 8.86. The van der Waals surface area contributed by atoms with Gasteiger partial charge in [0.25, 0.3) is 10.2 Å². The van der Waals surface area contributed by atoms with Crippen molar-refractivity contribution in [1.82, 2.24) is 8.61 Å². The second-order valence-corrected chi connectivity index (χ2v) is 7.94. The summed E-state index contributed by atoms with van der Waals surface area (Å²) in [5.41, 5.74) is 5.69. The molecule has 2 heterocycles. The Balaban J connectivity index is 2.06. The SMILES string of the molecule is COC1CN(S(=O)(=O)N2CCCC(CN)C2)CCC1C. The predicted octanol–water partition coefficient (Wildman–Crippen LogP) is 0.259. The molecule has 0 amide bonds. The molecule has 3 unspecified atom stereocenters. The molecule has 0 saturated carbocycles. The lowest BCUT2D eigenvalue weighted by atomic mass is 9.97. The van der Waals surface area contributed by atoms with Crippen LogP contribution in [0.2, 0.25) is 0 Å². The highest BCUT2D eigenvalue weighted by Crippen LogP contribution is 2.26. The van der Waals surface area contributed by atoms with Crippen molar-refractivity contribution in [3.05, 3.63) is 0 Å². The van der Waals surface area contributed by atoms with Crippen LogP contribution in [0.1, 0.15) is 26.2 Å². The van der Waals surface area contributed by atoms with E-state index >= 15 is 0 Å². The molecular weight excluding hydrogens is 278 g/mol. The summed E-state index contributed by atoms with van der Waals surface area (Å²) in [5.74, 6) is 0.699. The van der Waals surface area contributed by atoms with Gasteiger partial charge in [0.05, 0.1) is 6.10 Å². The lowest BCUT2D eigenvalue weighted by molar-refractivity contribution is 0.0164. The minimum atomic E-state index is -3.36. The van der Waals surface area contributed by atoms with E-state index in [1.54, 1.807) is 15.7 Å². The summed E-state index contributed by atoms with van der Waals surface area (Å²) in [6.45, 7) is 4.90. The Labute approximate surface area is 122 Å². The van der Waals surface area contributed by atoms with Crippen LogP contribution in [0.25, 0.3) is 0 Å². The van der Waals surface area contributed by atoms with E-state index in [1.165, 1.54) is 0 Å². The molecule has 0 radical (unpaired) electrons. The molecule has 2 aliphatic heterocycles. The van der Waals surface area contributed by atoms with Gasteiger partial charge in [-0.2, -0.15) is 17.0 Å². The van der Waals surface area contributed by atoms with Crippen molar-refractivity contribution in [2.45, 2.75) is 32.3 Å². The molecule has 0 aromatic rings. The second kappa shape index (κ2) is 6.70. The number of nitrogens with two attached hydrogens (primary N) is 1. The maximum atomic E-state index is 12.7. The van der Waals surface area contributed by atoms with Crippen LogP contribution in [-0.4, -0.2) is 63.0 Å². The molecule has 2 aliphatic rings. The van der Waals surface area contributed by atoms with Crippen molar-refractivity contribution >= 4 is 10.2 Å². The van der Waals surface area contributed by atoms with Crippen LogP contribution in [0.15, 0.2) is 0 Å². The lowest BCUT2D eigenvalue weighted by Gasteiger charge is -2.40. The normalized spacial score (nSPS) is 34.2. The molecule has 0 spiro atoms. The molecular formula is C13H27N3O3S. The summed E-state index contributed by atoms with van der Waals surface area (Å²) in [7, 11) is -1.71. The maximum absolute atomic E-state index is 12.7. The molecule has 7 heteroatoms. The van der Waals surface area contributed by atoms with E-state index < -0.39 is 10.2 Å². The van der Waals surface area contributed by atoms with Crippen LogP contribution < -0.4 is 5.73 Å². The second-order valence-electron chi connectivity index (χ2n) is 6.01. The van der Waals surface area contributed by atoms with Crippen molar-refractivity contribution in [1.29, 1.82) is 0 Å². The zero-order chi connectivity index (χ0) is 14.8. The summed E-state index contributed by atoms with van der Waals surface area (Å²) in [5, 5.41) is 0. The summed E-state index contributed by atoms with van der Waals surface area (Å²) < 4.78 is 34.1. The Morgan fingerprint density at radius 3 is 2.55 bits per heavy atom. The van der Waals surface area contributed by atoms with Crippen LogP contribution in [0.3, 0.4) is 0 Å². The van der Waals surface area contributed by atoms with Gasteiger partial charge in [0.1, 0.15) is 0 Å². The average molecular weight is 305 g/mol. The van der Waals surface area contributed by atoms with Crippen molar-refractivity contribution in [2.75, 3.05) is 39.8 Å². The Morgan fingerprint density at radius 2 is 1.90 bits per heavy atom. The number of nitrogens with zero attached hydrogens (tertiary/aromatic N) is 2. The van der Waals surface area contributed by atoms with Gasteiger partial charge >= 0.3 is 0 Å². The smallest absolute Gasteiger partial charge is 0.282 e. The number of rotatable bonds is 4. The van der Waals surface area contributed by atoms with Crippen molar-refractivity contribution in [2.24, 2.45) is 17.6 Å². The van der Waals surface area contributed by atoms with Gasteiger partial charge < -0.3 is 10.5 Å².